The van der Waals surface area contributed by atoms with Crippen molar-refractivity contribution in [1.29, 1.82) is 0 Å². The highest BCUT2D eigenvalue weighted by molar-refractivity contribution is 5.83. The molecule has 0 atom stereocenters. The molecular weight excluding hydrogens is 226 g/mol. The molecule has 0 amide bonds. The summed E-state index contributed by atoms with van der Waals surface area (Å²) in [5.74, 6) is 2.66. The maximum absolute atomic E-state index is 5.84. The Kier molecular flexibility index (Phi) is 3.24. The van der Waals surface area contributed by atoms with Crippen LogP contribution in [-0.2, 0) is 6.54 Å². The largest absolute Gasteiger partial charge is 0.493 e. The highest BCUT2D eigenvalue weighted by Gasteiger charge is 2.16. The minimum atomic E-state index is 0.800. The van der Waals surface area contributed by atoms with Crippen LogP contribution in [0.2, 0.25) is 0 Å². The van der Waals surface area contributed by atoms with Crippen molar-refractivity contribution in [2.24, 2.45) is 5.92 Å². The third-order valence-corrected chi connectivity index (χ3v) is 3.74. The summed E-state index contributed by atoms with van der Waals surface area (Å²) in [6, 6.07) is 8.06. The van der Waals surface area contributed by atoms with Crippen molar-refractivity contribution >= 4 is 11.0 Å². The second-order valence-electron chi connectivity index (χ2n) is 5.02. The van der Waals surface area contributed by atoms with Crippen molar-refractivity contribution in [1.82, 2.24) is 5.32 Å². The van der Waals surface area contributed by atoms with Gasteiger partial charge >= 0.3 is 0 Å². The molecule has 1 heterocycles. The van der Waals surface area contributed by atoms with Gasteiger partial charge in [0.25, 0.3) is 0 Å². The van der Waals surface area contributed by atoms with Crippen LogP contribution < -0.4 is 10.1 Å². The van der Waals surface area contributed by atoms with Crippen LogP contribution in [0.5, 0.6) is 5.75 Å². The highest BCUT2D eigenvalue weighted by Crippen LogP contribution is 2.29. The first-order valence-corrected chi connectivity index (χ1v) is 6.63. The molecule has 1 aliphatic rings. The third-order valence-electron chi connectivity index (χ3n) is 3.74. The molecule has 1 fully saturated rings. The number of nitrogens with one attached hydrogen (secondary N) is 1. The van der Waals surface area contributed by atoms with E-state index < -0.39 is 0 Å². The van der Waals surface area contributed by atoms with Crippen LogP contribution in [0.4, 0.5) is 0 Å². The first-order valence-electron chi connectivity index (χ1n) is 6.63. The molecule has 3 rings (SSSR count). The number of furan rings is 1. The van der Waals surface area contributed by atoms with Gasteiger partial charge < -0.3 is 14.5 Å². The Balaban J connectivity index is 1.68. The number of ether oxygens (including phenoxy) is 1. The Morgan fingerprint density at radius 2 is 2.28 bits per heavy atom. The number of para-hydroxylation sites is 1. The van der Waals surface area contributed by atoms with Crippen LogP contribution in [0.1, 0.15) is 25.0 Å². The smallest absolute Gasteiger partial charge is 0.176 e. The maximum Gasteiger partial charge on any atom is 0.176 e. The lowest BCUT2D eigenvalue weighted by atomic mass is 9.85. The van der Waals surface area contributed by atoms with Gasteiger partial charge in [-0.25, -0.2) is 0 Å². The molecule has 0 spiro atoms. The fourth-order valence-corrected chi connectivity index (χ4v) is 2.43. The summed E-state index contributed by atoms with van der Waals surface area (Å²) in [5, 5.41) is 4.57. The van der Waals surface area contributed by atoms with Crippen molar-refractivity contribution in [3.05, 3.63) is 30.0 Å². The minimum Gasteiger partial charge on any atom is -0.493 e. The average Bonchev–Trinajstić information content (AvgIpc) is 2.74. The fourth-order valence-electron chi connectivity index (χ4n) is 2.43. The van der Waals surface area contributed by atoms with Crippen molar-refractivity contribution in [2.45, 2.75) is 25.8 Å². The van der Waals surface area contributed by atoms with Gasteiger partial charge in [-0.15, -0.1) is 0 Å². The van der Waals surface area contributed by atoms with E-state index in [9.17, 15) is 0 Å². The molecule has 0 radical (unpaired) electrons. The van der Waals surface area contributed by atoms with Gasteiger partial charge in [-0.3, -0.25) is 0 Å². The lowest BCUT2D eigenvalue weighted by Crippen LogP contribution is -2.26. The molecular formula is C15H19NO2. The normalized spacial score (nSPS) is 15.8. The van der Waals surface area contributed by atoms with E-state index in [-0.39, 0.29) is 0 Å². The standard InChI is InChI=1S/C15H19NO2/c1-17-14-7-3-6-12-8-13(18-15(12)14)10-16-9-11-4-2-5-11/h3,6-8,11,16H,2,4-5,9-10H2,1H3. The molecule has 0 saturated heterocycles. The van der Waals surface area contributed by atoms with E-state index in [4.69, 9.17) is 9.15 Å². The van der Waals surface area contributed by atoms with Crippen LogP contribution in [0.15, 0.2) is 28.7 Å². The van der Waals surface area contributed by atoms with Crippen LogP contribution >= 0.6 is 0 Å². The Bertz CT molecular complexity index is 528. The van der Waals surface area contributed by atoms with Crippen molar-refractivity contribution in [3.8, 4) is 5.75 Å². The SMILES string of the molecule is COc1cccc2cc(CNCC3CCC3)oc12. The molecule has 0 aliphatic heterocycles. The second-order valence-corrected chi connectivity index (χ2v) is 5.02. The van der Waals surface area contributed by atoms with Gasteiger partial charge in [-0.05, 0) is 37.4 Å². The predicted octanol–water partition coefficient (Wildman–Crippen LogP) is 3.33. The van der Waals surface area contributed by atoms with Crippen LogP contribution in [-0.4, -0.2) is 13.7 Å². The van der Waals surface area contributed by atoms with E-state index in [1.54, 1.807) is 7.11 Å². The summed E-state index contributed by atoms with van der Waals surface area (Å²) in [6.45, 7) is 1.91. The van der Waals surface area contributed by atoms with Crippen LogP contribution in [0.3, 0.4) is 0 Å². The monoisotopic (exact) mass is 245 g/mol. The molecule has 0 unspecified atom stereocenters. The molecule has 3 heteroatoms. The number of rotatable bonds is 5. The second kappa shape index (κ2) is 5.02. The number of hydrogen-bond donors (Lipinski definition) is 1. The predicted molar refractivity (Wildman–Crippen MR) is 71.8 cm³/mol. The van der Waals surface area contributed by atoms with Gasteiger partial charge in [0.05, 0.1) is 13.7 Å². The summed E-state index contributed by atoms with van der Waals surface area (Å²) in [5.41, 5.74) is 0.848. The van der Waals surface area contributed by atoms with E-state index in [1.807, 2.05) is 12.1 Å². The molecule has 18 heavy (non-hydrogen) atoms. The Labute approximate surface area is 107 Å². The number of fused-ring (bicyclic) bond motifs is 1. The third kappa shape index (κ3) is 2.23. The van der Waals surface area contributed by atoms with Gasteiger partial charge in [0.15, 0.2) is 11.3 Å². The van der Waals surface area contributed by atoms with Gasteiger partial charge in [0.1, 0.15) is 5.76 Å². The first-order chi connectivity index (χ1) is 8.86. The van der Waals surface area contributed by atoms with Gasteiger partial charge in [0.2, 0.25) is 0 Å². The van der Waals surface area contributed by atoms with Crippen molar-refractivity contribution < 1.29 is 9.15 Å². The van der Waals surface area contributed by atoms with Gasteiger partial charge in [-0.2, -0.15) is 0 Å². The van der Waals surface area contributed by atoms with E-state index in [0.717, 1.165) is 41.5 Å². The molecule has 2 aromatic rings. The molecule has 0 bridgehead atoms. The van der Waals surface area contributed by atoms with E-state index in [2.05, 4.69) is 17.4 Å². The molecule has 1 saturated carbocycles. The van der Waals surface area contributed by atoms with Gasteiger partial charge in [-0.1, -0.05) is 18.6 Å². The van der Waals surface area contributed by atoms with Crippen molar-refractivity contribution in [2.75, 3.05) is 13.7 Å². The number of benzene rings is 1. The molecule has 1 aromatic heterocycles. The molecule has 96 valence electrons. The number of hydrogen-bond acceptors (Lipinski definition) is 3. The Morgan fingerprint density at radius 3 is 3.00 bits per heavy atom. The van der Waals surface area contributed by atoms with Crippen LogP contribution in [0, 0.1) is 5.92 Å². The molecule has 1 aromatic carbocycles. The van der Waals surface area contributed by atoms with E-state index in [1.165, 1.54) is 19.3 Å². The highest BCUT2D eigenvalue weighted by atomic mass is 16.5. The lowest BCUT2D eigenvalue weighted by molar-refractivity contribution is 0.298. The zero-order valence-electron chi connectivity index (χ0n) is 10.7. The zero-order chi connectivity index (χ0) is 12.4. The topological polar surface area (TPSA) is 34.4 Å². The summed E-state index contributed by atoms with van der Waals surface area (Å²) < 4.78 is 11.1. The minimum absolute atomic E-state index is 0.800. The average molecular weight is 245 g/mol. The van der Waals surface area contributed by atoms with E-state index in [0.29, 0.717) is 0 Å². The Morgan fingerprint density at radius 1 is 1.39 bits per heavy atom. The molecule has 3 nitrogen and oxygen atoms in total. The summed E-state index contributed by atoms with van der Waals surface area (Å²) in [6.07, 6.45) is 4.15. The fraction of sp³-hybridized carbons (Fsp3) is 0.467. The lowest BCUT2D eigenvalue weighted by Gasteiger charge is -2.25. The van der Waals surface area contributed by atoms with Gasteiger partial charge in [0, 0.05) is 5.39 Å². The quantitative estimate of drug-likeness (QED) is 0.877. The summed E-state index contributed by atoms with van der Waals surface area (Å²) >= 11 is 0. The zero-order valence-corrected chi connectivity index (χ0v) is 10.7. The van der Waals surface area contributed by atoms with Crippen molar-refractivity contribution in [3.63, 3.8) is 0 Å². The summed E-state index contributed by atoms with van der Waals surface area (Å²) in [4.78, 5) is 0. The summed E-state index contributed by atoms with van der Waals surface area (Å²) in [7, 11) is 1.67. The molecule has 1 aliphatic carbocycles. The number of methoxy groups -OCH3 is 1. The van der Waals surface area contributed by atoms with E-state index >= 15 is 0 Å². The van der Waals surface area contributed by atoms with Crippen LogP contribution in [0.25, 0.3) is 11.0 Å². The Hall–Kier alpha value is -1.48. The maximum atomic E-state index is 5.84. The first kappa shape index (κ1) is 11.6. The molecule has 1 N–H and O–H groups in total.